The maximum absolute atomic E-state index is 11.9. The number of hydrogen-bond acceptors (Lipinski definition) is 3. The number of nitrogens with two attached hydrogens (primary N) is 1. The molecular formula is C10H11N3O2. The van der Waals surface area contributed by atoms with Crippen LogP contribution in [0.1, 0.15) is 10.4 Å². The number of carbonyl (C=O) groups is 2. The Hall–Kier alpha value is -2.04. The van der Waals surface area contributed by atoms with Crippen molar-refractivity contribution in [1.29, 1.82) is 0 Å². The Kier molecular flexibility index (Phi) is 2.07. The molecule has 0 radical (unpaired) electrons. The van der Waals surface area contributed by atoms with E-state index in [4.69, 9.17) is 5.73 Å². The van der Waals surface area contributed by atoms with Crippen molar-refractivity contribution in [3.63, 3.8) is 0 Å². The lowest BCUT2D eigenvalue weighted by molar-refractivity contribution is -0.116. The molecule has 1 aliphatic heterocycles. The van der Waals surface area contributed by atoms with Crippen molar-refractivity contribution in [2.24, 2.45) is 0 Å². The van der Waals surface area contributed by atoms with Gasteiger partial charge in [0, 0.05) is 12.7 Å². The first kappa shape index (κ1) is 9.51. The van der Waals surface area contributed by atoms with Crippen LogP contribution in [0, 0.1) is 0 Å². The summed E-state index contributed by atoms with van der Waals surface area (Å²) < 4.78 is 0. The van der Waals surface area contributed by atoms with Crippen LogP contribution in [0.2, 0.25) is 0 Å². The van der Waals surface area contributed by atoms with E-state index >= 15 is 0 Å². The molecule has 0 atom stereocenters. The lowest BCUT2D eigenvalue weighted by atomic mass is 10.1. The molecule has 3 N–H and O–H groups in total. The number of likely N-dealkylation sites (N-methyl/N-ethyl adjacent to an activating group) is 1. The summed E-state index contributed by atoms with van der Waals surface area (Å²) in [6.45, 7) is 0.0486. The Balaban J connectivity index is 2.60. The van der Waals surface area contributed by atoms with Gasteiger partial charge in [-0.05, 0) is 12.1 Å². The summed E-state index contributed by atoms with van der Waals surface area (Å²) in [5.41, 5.74) is 6.94. The summed E-state index contributed by atoms with van der Waals surface area (Å²) in [4.78, 5) is 24.6. The highest BCUT2D eigenvalue weighted by Gasteiger charge is 2.25. The average molecular weight is 205 g/mol. The highest BCUT2D eigenvalue weighted by molar-refractivity contribution is 6.11. The number of anilines is 2. The Morgan fingerprint density at radius 2 is 2.13 bits per heavy atom. The van der Waals surface area contributed by atoms with Crippen LogP contribution < -0.4 is 11.1 Å². The summed E-state index contributed by atoms with van der Waals surface area (Å²) in [5.74, 6) is -0.448. The molecule has 5 heteroatoms. The third-order valence-corrected chi connectivity index (χ3v) is 2.31. The molecule has 0 fully saturated rings. The molecule has 1 aromatic carbocycles. The quantitative estimate of drug-likeness (QED) is 0.598. The van der Waals surface area contributed by atoms with Gasteiger partial charge >= 0.3 is 0 Å². The van der Waals surface area contributed by atoms with Gasteiger partial charge in [-0.3, -0.25) is 9.59 Å². The Labute approximate surface area is 86.9 Å². The minimum absolute atomic E-state index is 0.0486. The minimum atomic E-state index is -0.235. The van der Waals surface area contributed by atoms with Crippen molar-refractivity contribution in [3.05, 3.63) is 23.8 Å². The van der Waals surface area contributed by atoms with Crippen LogP contribution in [0.25, 0.3) is 0 Å². The molecule has 0 saturated carbocycles. The van der Waals surface area contributed by atoms with Crippen molar-refractivity contribution in [1.82, 2.24) is 4.90 Å². The maximum Gasteiger partial charge on any atom is 0.258 e. The molecule has 15 heavy (non-hydrogen) atoms. The molecule has 0 aromatic heterocycles. The molecule has 0 saturated heterocycles. The number of fused-ring (bicyclic) bond motifs is 1. The lowest BCUT2D eigenvalue weighted by Crippen LogP contribution is -2.31. The zero-order valence-electron chi connectivity index (χ0n) is 8.28. The van der Waals surface area contributed by atoms with Crippen LogP contribution in [0.5, 0.6) is 0 Å². The third kappa shape index (κ3) is 1.52. The van der Waals surface area contributed by atoms with Crippen molar-refractivity contribution >= 4 is 23.2 Å². The standard InChI is InChI=1S/C10H11N3O2/c1-13-5-8(14)12-7-4-2-3-6(11)9(7)10(13)15/h2-4H,5,11H2,1H3,(H,12,14). The van der Waals surface area contributed by atoms with Crippen LogP contribution in [0.4, 0.5) is 11.4 Å². The molecule has 0 aliphatic carbocycles. The molecule has 1 heterocycles. The Morgan fingerprint density at radius 1 is 1.40 bits per heavy atom. The van der Waals surface area contributed by atoms with Crippen LogP contribution >= 0.6 is 0 Å². The van der Waals surface area contributed by atoms with E-state index in [9.17, 15) is 9.59 Å². The van der Waals surface area contributed by atoms with Gasteiger partial charge < -0.3 is 16.0 Å². The number of rotatable bonds is 0. The Morgan fingerprint density at radius 3 is 2.87 bits per heavy atom. The summed E-state index contributed by atoms with van der Waals surface area (Å²) in [5, 5.41) is 2.64. The van der Waals surface area contributed by atoms with Gasteiger partial charge in [-0.1, -0.05) is 6.07 Å². The van der Waals surface area contributed by atoms with Gasteiger partial charge in [0.15, 0.2) is 0 Å². The fourth-order valence-electron chi connectivity index (χ4n) is 1.58. The summed E-state index contributed by atoms with van der Waals surface area (Å²) in [6, 6.07) is 5.01. The molecule has 5 nitrogen and oxygen atoms in total. The second-order valence-electron chi connectivity index (χ2n) is 3.48. The van der Waals surface area contributed by atoms with E-state index in [0.717, 1.165) is 0 Å². The first-order chi connectivity index (χ1) is 7.09. The first-order valence-electron chi connectivity index (χ1n) is 4.53. The predicted octanol–water partition coefficient (Wildman–Crippen LogP) is 0.293. The summed E-state index contributed by atoms with van der Waals surface area (Å²) in [6.07, 6.45) is 0. The van der Waals surface area contributed by atoms with E-state index in [1.54, 1.807) is 25.2 Å². The van der Waals surface area contributed by atoms with Crippen LogP contribution in [0.15, 0.2) is 18.2 Å². The molecular weight excluding hydrogens is 194 g/mol. The SMILES string of the molecule is CN1CC(=O)Nc2cccc(N)c2C1=O. The predicted molar refractivity (Wildman–Crippen MR) is 56.4 cm³/mol. The second kappa shape index (κ2) is 3.27. The van der Waals surface area contributed by atoms with Gasteiger partial charge in [-0.2, -0.15) is 0 Å². The summed E-state index contributed by atoms with van der Waals surface area (Å²) >= 11 is 0. The molecule has 0 bridgehead atoms. The highest BCUT2D eigenvalue weighted by Crippen LogP contribution is 2.25. The van der Waals surface area contributed by atoms with E-state index in [0.29, 0.717) is 16.9 Å². The zero-order valence-corrected chi connectivity index (χ0v) is 8.28. The van der Waals surface area contributed by atoms with E-state index in [1.807, 2.05) is 0 Å². The molecule has 1 aromatic rings. The molecule has 1 aliphatic rings. The van der Waals surface area contributed by atoms with Crippen molar-refractivity contribution in [2.75, 3.05) is 24.6 Å². The van der Waals surface area contributed by atoms with Gasteiger partial charge in [0.1, 0.15) is 0 Å². The van der Waals surface area contributed by atoms with Gasteiger partial charge in [-0.15, -0.1) is 0 Å². The van der Waals surface area contributed by atoms with Crippen LogP contribution in [-0.4, -0.2) is 30.3 Å². The number of nitrogen functional groups attached to an aromatic ring is 1. The lowest BCUT2D eigenvalue weighted by Gasteiger charge is -2.13. The Bertz CT molecular complexity index is 442. The van der Waals surface area contributed by atoms with E-state index < -0.39 is 0 Å². The fourth-order valence-corrected chi connectivity index (χ4v) is 1.58. The molecule has 2 amide bonds. The minimum Gasteiger partial charge on any atom is -0.398 e. The number of carbonyl (C=O) groups excluding carboxylic acids is 2. The number of benzene rings is 1. The zero-order chi connectivity index (χ0) is 11.0. The van der Waals surface area contributed by atoms with Crippen molar-refractivity contribution < 1.29 is 9.59 Å². The number of nitrogens with zero attached hydrogens (tertiary/aromatic N) is 1. The maximum atomic E-state index is 11.9. The monoisotopic (exact) mass is 205 g/mol. The van der Waals surface area contributed by atoms with E-state index in [1.165, 1.54) is 4.90 Å². The van der Waals surface area contributed by atoms with Gasteiger partial charge in [-0.25, -0.2) is 0 Å². The van der Waals surface area contributed by atoms with Crippen LogP contribution in [0.3, 0.4) is 0 Å². The van der Waals surface area contributed by atoms with E-state index in [2.05, 4.69) is 5.32 Å². The summed E-state index contributed by atoms with van der Waals surface area (Å²) in [7, 11) is 1.57. The highest BCUT2D eigenvalue weighted by atomic mass is 16.2. The smallest absolute Gasteiger partial charge is 0.258 e. The normalized spacial score (nSPS) is 15.7. The second-order valence-corrected chi connectivity index (χ2v) is 3.48. The van der Waals surface area contributed by atoms with E-state index in [-0.39, 0.29) is 18.4 Å². The number of amides is 2. The molecule has 0 unspecified atom stereocenters. The first-order valence-corrected chi connectivity index (χ1v) is 4.53. The molecule has 2 rings (SSSR count). The van der Waals surface area contributed by atoms with Crippen LogP contribution in [-0.2, 0) is 4.79 Å². The average Bonchev–Trinajstić information content (AvgIpc) is 2.26. The van der Waals surface area contributed by atoms with Crippen molar-refractivity contribution in [3.8, 4) is 0 Å². The van der Waals surface area contributed by atoms with Crippen molar-refractivity contribution in [2.45, 2.75) is 0 Å². The van der Waals surface area contributed by atoms with Gasteiger partial charge in [0.05, 0.1) is 17.8 Å². The molecule has 0 spiro atoms. The topological polar surface area (TPSA) is 75.4 Å². The third-order valence-electron chi connectivity index (χ3n) is 2.31. The number of hydrogen-bond donors (Lipinski definition) is 2. The van der Waals surface area contributed by atoms with Gasteiger partial charge in [0.2, 0.25) is 5.91 Å². The number of nitrogens with one attached hydrogen (secondary N) is 1. The van der Waals surface area contributed by atoms with Gasteiger partial charge in [0.25, 0.3) is 5.91 Å². The largest absolute Gasteiger partial charge is 0.398 e. The molecule has 78 valence electrons. The fraction of sp³-hybridized carbons (Fsp3) is 0.200.